The Morgan fingerprint density at radius 1 is 1.10 bits per heavy atom. The van der Waals surface area contributed by atoms with E-state index in [1.54, 1.807) is 0 Å². The van der Waals surface area contributed by atoms with Crippen molar-refractivity contribution in [3.05, 3.63) is 59.2 Å². The van der Waals surface area contributed by atoms with Gasteiger partial charge in [0, 0.05) is 9.79 Å². The molecule has 1 unspecified atom stereocenters. The van der Waals surface area contributed by atoms with Gasteiger partial charge in [0.2, 0.25) is 0 Å². The minimum atomic E-state index is -0.212. The summed E-state index contributed by atoms with van der Waals surface area (Å²) in [7, 11) is 1.44. The average Bonchev–Trinajstić information content (AvgIpc) is 2.71. The molecule has 0 aliphatic carbocycles. The van der Waals surface area contributed by atoms with Gasteiger partial charge in [-0.1, -0.05) is 42.1 Å². The predicted octanol–water partition coefficient (Wildman–Crippen LogP) is 4.21. The van der Waals surface area contributed by atoms with Crippen molar-refractivity contribution in [2.24, 2.45) is 0 Å². The molecule has 0 saturated heterocycles. The number of rotatable bonds is 2. The largest absolute Gasteiger partial charge is 0.469 e. The van der Waals surface area contributed by atoms with Gasteiger partial charge in [0.25, 0.3) is 0 Å². The van der Waals surface area contributed by atoms with Gasteiger partial charge in [-0.25, -0.2) is 0 Å². The van der Waals surface area contributed by atoms with Crippen molar-refractivity contribution in [3.8, 4) is 0 Å². The lowest BCUT2D eigenvalue weighted by Crippen LogP contribution is -2.11. The highest BCUT2D eigenvalue weighted by Gasteiger charge is 2.19. The van der Waals surface area contributed by atoms with Gasteiger partial charge < -0.3 is 4.74 Å². The summed E-state index contributed by atoms with van der Waals surface area (Å²) < 4.78 is 4.84. The maximum atomic E-state index is 11.7. The lowest BCUT2D eigenvalue weighted by atomic mass is 9.96. The van der Waals surface area contributed by atoms with Gasteiger partial charge in [0.05, 0.1) is 13.0 Å². The molecule has 3 rings (SSSR count). The molecule has 1 heterocycles. The topological polar surface area (TPSA) is 26.3 Å². The van der Waals surface area contributed by atoms with Gasteiger partial charge in [-0.15, -0.1) is 0 Å². The maximum absolute atomic E-state index is 11.7. The average molecular weight is 298 g/mol. The van der Waals surface area contributed by atoms with E-state index >= 15 is 0 Å². The quantitative estimate of drug-likeness (QED) is 0.777. The summed E-state index contributed by atoms with van der Waals surface area (Å²) in [5.41, 5.74) is 3.76. The summed E-state index contributed by atoms with van der Waals surface area (Å²) in [6.07, 6.45) is 2.06. The molecule has 1 atom stereocenters. The Labute approximate surface area is 129 Å². The third-order valence-electron chi connectivity index (χ3n) is 4.00. The van der Waals surface area contributed by atoms with Crippen molar-refractivity contribution in [2.45, 2.75) is 35.5 Å². The molecule has 2 aromatic rings. The SMILES string of the molecule is COC(=O)C(C)c1ccc2c(c1)CCc1ccccc1S2. The van der Waals surface area contributed by atoms with Gasteiger partial charge in [0.1, 0.15) is 0 Å². The van der Waals surface area contributed by atoms with Crippen LogP contribution in [0.15, 0.2) is 52.3 Å². The van der Waals surface area contributed by atoms with E-state index in [-0.39, 0.29) is 11.9 Å². The standard InChI is InChI=1S/C18H18O2S/c1-12(18(19)20-2)14-9-10-17-15(11-14)8-7-13-5-3-4-6-16(13)21-17/h3-6,9-12H,7-8H2,1-2H3. The monoisotopic (exact) mass is 298 g/mol. The molecule has 0 saturated carbocycles. The second kappa shape index (κ2) is 5.94. The number of fused-ring (bicyclic) bond motifs is 2. The first-order chi connectivity index (χ1) is 10.2. The lowest BCUT2D eigenvalue weighted by Gasteiger charge is -2.13. The van der Waals surface area contributed by atoms with Gasteiger partial charge in [-0.3, -0.25) is 4.79 Å². The zero-order chi connectivity index (χ0) is 14.8. The summed E-state index contributed by atoms with van der Waals surface area (Å²) in [6.45, 7) is 1.89. The first-order valence-corrected chi connectivity index (χ1v) is 7.97. The molecule has 0 amide bonds. The van der Waals surface area contributed by atoms with Crippen LogP contribution >= 0.6 is 11.8 Å². The minimum absolute atomic E-state index is 0.181. The molecule has 108 valence electrons. The maximum Gasteiger partial charge on any atom is 0.312 e. The Balaban J connectivity index is 1.93. The highest BCUT2D eigenvalue weighted by atomic mass is 32.2. The predicted molar refractivity (Wildman–Crippen MR) is 84.8 cm³/mol. The zero-order valence-corrected chi connectivity index (χ0v) is 13.1. The first kappa shape index (κ1) is 14.2. The third kappa shape index (κ3) is 2.84. The Kier molecular flexibility index (Phi) is 4.02. The molecule has 2 nitrogen and oxygen atoms in total. The van der Waals surface area contributed by atoms with Crippen molar-refractivity contribution in [2.75, 3.05) is 7.11 Å². The number of methoxy groups -OCH3 is 1. The highest BCUT2D eigenvalue weighted by Crippen LogP contribution is 2.38. The number of carbonyl (C=O) groups is 1. The molecule has 3 heteroatoms. The van der Waals surface area contributed by atoms with Crippen LogP contribution in [0.4, 0.5) is 0 Å². The summed E-state index contributed by atoms with van der Waals surface area (Å²) in [4.78, 5) is 14.3. The molecule has 0 aromatic heterocycles. The molecule has 21 heavy (non-hydrogen) atoms. The van der Waals surface area contributed by atoms with Crippen LogP contribution in [0.5, 0.6) is 0 Å². The van der Waals surface area contributed by atoms with E-state index in [1.807, 2.05) is 24.8 Å². The van der Waals surface area contributed by atoms with Gasteiger partial charge in [-0.05, 0) is 48.6 Å². The molecule has 0 radical (unpaired) electrons. The number of ether oxygens (including phenoxy) is 1. The number of aryl methyl sites for hydroxylation is 2. The van der Waals surface area contributed by atoms with E-state index in [4.69, 9.17) is 4.74 Å². The fourth-order valence-electron chi connectivity index (χ4n) is 2.67. The first-order valence-electron chi connectivity index (χ1n) is 7.15. The fraction of sp³-hybridized carbons (Fsp3) is 0.278. The molecule has 0 bridgehead atoms. The third-order valence-corrected chi connectivity index (χ3v) is 5.23. The molecule has 0 N–H and O–H groups in total. The second-order valence-electron chi connectivity index (χ2n) is 5.32. The van der Waals surface area contributed by atoms with E-state index in [0.29, 0.717) is 0 Å². The molecule has 2 aromatic carbocycles. The van der Waals surface area contributed by atoms with E-state index in [1.165, 1.54) is 28.0 Å². The Morgan fingerprint density at radius 3 is 2.62 bits per heavy atom. The van der Waals surface area contributed by atoms with Gasteiger partial charge in [0.15, 0.2) is 0 Å². The number of carbonyl (C=O) groups excluding carboxylic acids is 1. The number of esters is 1. The summed E-state index contributed by atoms with van der Waals surface area (Å²) in [5.74, 6) is -0.393. The molecule has 0 spiro atoms. The number of benzene rings is 2. The van der Waals surface area contributed by atoms with Crippen LogP contribution in [0.1, 0.15) is 29.5 Å². The van der Waals surface area contributed by atoms with Crippen LogP contribution in [0.2, 0.25) is 0 Å². The summed E-state index contributed by atoms with van der Waals surface area (Å²) in [6, 6.07) is 14.9. The van der Waals surface area contributed by atoms with E-state index in [2.05, 4.69) is 36.4 Å². The Hall–Kier alpha value is -1.74. The van der Waals surface area contributed by atoms with E-state index in [0.717, 1.165) is 18.4 Å². The van der Waals surface area contributed by atoms with Crippen molar-refractivity contribution in [3.63, 3.8) is 0 Å². The zero-order valence-electron chi connectivity index (χ0n) is 12.3. The number of hydrogen-bond donors (Lipinski definition) is 0. The molecule has 1 aliphatic heterocycles. The van der Waals surface area contributed by atoms with Crippen molar-refractivity contribution in [1.82, 2.24) is 0 Å². The summed E-state index contributed by atoms with van der Waals surface area (Å²) in [5, 5.41) is 0. The molecule has 1 aliphatic rings. The minimum Gasteiger partial charge on any atom is -0.469 e. The second-order valence-corrected chi connectivity index (χ2v) is 6.41. The van der Waals surface area contributed by atoms with Crippen LogP contribution < -0.4 is 0 Å². The lowest BCUT2D eigenvalue weighted by molar-refractivity contribution is -0.141. The Morgan fingerprint density at radius 2 is 1.81 bits per heavy atom. The fourth-order valence-corrected chi connectivity index (χ4v) is 3.79. The van der Waals surface area contributed by atoms with Crippen LogP contribution in [-0.2, 0) is 22.4 Å². The Bertz CT molecular complexity index is 679. The molecular formula is C18H18O2S. The smallest absolute Gasteiger partial charge is 0.312 e. The highest BCUT2D eigenvalue weighted by molar-refractivity contribution is 7.99. The molecule has 0 fully saturated rings. The van der Waals surface area contributed by atoms with Crippen LogP contribution in [0, 0.1) is 0 Å². The van der Waals surface area contributed by atoms with Crippen LogP contribution in [0.3, 0.4) is 0 Å². The number of hydrogen-bond acceptors (Lipinski definition) is 3. The van der Waals surface area contributed by atoms with Gasteiger partial charge in [-0.2, -0.15) is 0 Å². The van der Waals surface area contributed by atoms with Crippen LogP contribution in [0.25, 0.3) is 0 Å². The van der Waals surface area contributed by atoms with Crippen molar-refractivity contribution in [1.29, 1.82) is 0 Å². The molecular weight excluding hydrogens is 280 g/mol. The van der Waals surface area contributed by atoms with E-state index < -0.39 is 0 Å². The van der Waals surface area contributed by atoms with Crippen molar-refractivity contribution < 1.29 is 9.53 Å². The van der Waals surface area contributed by atoms with Crippen LogP contribution in [-0.4, -0.2) is 13.1 Å². The van der Waals surface area contributed by atoms with Gasteiger partial charge >= 0.3 is 5.97 Å². The van der Waals surface area contributed by atoms with Crippen molar-refractivity contribution >= 4 is 17.7 Å². The van der Waals surface area contributed by atoms with E-state index in [9.17, 15) is 4.79 Å². The normalized spacial score (nSPS) is 14.6. The summed E-state index contributed by atoms with van der Waals surface area (Å²) >= 11 is 1.82.